The van der Waals surface area contributed by atoms with E-state index in [0.717, 1.165) is 5.56 Å². The molecule has 0 fully saturated rings. The highest BCUT2D eigenvalue weighted by Gasteiger charge is 2.12. The standard InChI is InChI=1S/C17H17NO3/c1-13-7-8-15(12-17(13)18(20)21)11-16(19)10-9-14-5-3-2-4-6-14/h2-8,12H,9-11H2,1H3. The molecule has 0 aliphatic carbocycles. The summed E-state index contributed by atoms with van der Waals surface area (Å²) in [6, 6.07) is 14.8. The summed E-state index contributed by atoms with van der Waals surface area (Å²) < 4.78 is 0. The van der Waals surface area contributed by atoms with Gasteiger partial charge in [-0.25, -0.2) is 0 Å². The molecule has 0 spiro atoms. The third kappa shape index (κ3) is 4.24. The summed E-state index contributed by atoms with van der Waals surface area (Å²) in [7, 11) is 0. The SMILES string of the molecule is Cc1ccc(CC(=O)CCc2ccccc2)cc1[N+](=O)[O-]. The fourth-order valence-corrected chi connectivity index (χ4v) is 2.21. The smallest absolute Gasteiger partial charge is 0.272 e. The van der Waals surface area contributed by atoms with E-state index in [1.807, 2.05) is 30.3 Å². The van der Waals surface area contributed by atoms with Gasteiger partial charge in [0.25, 0.3) is 5.69 Å². The van der Waals surface area contributed by atoms with Gasteiger partial charge < -0.3 is 0 Å². The topological polar surface area (TPSA) is 60.2 Å². The molecule has 0 aromatic heterocycles. The van der Waals surface area contributed by atoms with Crippen molar-refractivity contribution in [1.29, 1.82) is 0 Å². The van der Waals surface area contributed by atoms with Crippen molar-refractivity contribution in [3.8, 4) is 0 Å². The van der Waals surface area contributed by atoms with E-state index >= 15 is 0 Å². The lowest BCUT2D eigenvalue weighted by molar-refractivity contribution is -0.385. The lowest BCUT2D eigenvalue weighted by Gasteiger charge is -2.04. The van der Waals surface area contributed by atoms with Gasteiger partial charge in [0.2, 0.25) is 0 Å². The van der Waals surface area contributed by atoms with Crippen LogP contribution in [0.4, 0.5) is 5.69 Å². The summed E-state index contributed by atoms with van der Waals surface area (Å²) in [6.07, 6.45) is 1.40. The minimum Gasteiger partial charge on any atom is -0.299 e. The highest BCUT2D eigenvalue weighted by Crippen LogP contribution is 2.20. The summed E-state index contributed by atoms with van der Waals surface area (Å²) in [4.78, 5) is 22.5. The van der Waals surface area contributed by atoms with E-state index in [0.29, 0.717) is 24.0 Å². The third-order valence-electron chi connectivity index (χ3n) is 3.41. The van der Waals surface area contributed by atoms with Gasteiger partial charge in [0, 0.05) is 24.5 Å². The van der Waals surface area contributed by atoms with Gasteiger partial charge in [0.1, 0.15) is 5.78 Å². The third-order valence-corrected chi connectivity index (χ3v) is 3.41. The van der Waals surface area contributed by atoms with E-state index in [1.54, 1.807) is 19.1 Å². The number of aryl methyl sites for hydroxylation is 2. The van der Waals surface area contributed by atoms with Crippen LogP contribution in [0.2, 0.25) is 0 Å². The zero-order chi connectivity index (χ0) is 15.2. The van der Waals surface area contributed by atoms with Gasteiger partial charge in [0.05, 0.1) is 4.92 Å². The Bertz CT molecular complexity index is 650. The van der Waals surface area contributed by atoms with E-state index in [2.05, 4.69) is 0 Å². The average Bonchev–Trinajstić information content (AvgIpc) is 2.48. The van der Waals surface area contributed by atoms with Crippen molar-refractivity contribution in [2.75, 3.05) is 0 Å². The normalized spacial score (nSPS) is 10.3. The lowest BCUT2D eigenvalue weighted by atomic mass is 10.0. The number of nitrogens with zero attached hydrogens (tertiary/aromatic N) is 1. The fourth-order valence-electron chi connectivity index (χ4n) is 2.21. The first kappa shape index (κ1) is 14.9. The van der Waals surface area contributed by atoms with Crippen molar-refractivity contribution in [3.05, 3.63) is 75.3 Å². The largest absolute Gasteiger partial charge is 0.299 e. The van der Waals surface area contributed by atoms with Crippen molar-refractivity contribution in [2.45, 2.75) is 26.2 Å². The molecule has 2 aromatic rings. The predicted molar refractivity (Wildman–Crippen MR) is 81.3 cm³/mol. The highest BCUT2D eigenvalue weighted by molar-refractivity contribution is 5.81. The van der Waals surface area contributed by atoms with Gasteiger partial charge in [-0.1, -0.05) is 42.5 Å². The van der Waals surface area contributed by atoms with Crippen molar-refractivity contribution >= 4 is 11.5 Å². The van der Waals surface area contributed by atoms with E-state index in [1.165, 1.54) is 6.07 Å². The number of carbonyl (C=O) groups excluding carboxylic acids is 1. The second-order valence-corrected chi connectivity index (χ2v) is 5.08. The molecule has 0 unspecified atom stereocenters. The first-order valence-electron chi connectivity index (χ1n) is 6.86. The number of hydrogen-bond acceptors (Lipinski definition) is 3. The maximum Gasteiger partial charge on any atom is 0.272 e. The van der Waals surface area contributed by atoms with Crippen LogP contribution < -0.4 is 0 Å². The molecule has 108 valence electrons. The fraction of sp³-hybridized carbons (Fsp3) is 0.235. The summed E-state index contributed by atoms with van der Waals surface area (Å²) in [5, 5.41) is 10.9. The van der Waals surface area contributed by atoms with Crippen LogP contribution in [0.1, 0.15) is 23.1 Å². The van der Waals surface area contributed by atoms with Gasteiger partial charge in [-0.3, -0.25) is 14.9 Å². The molecular weight excluding hydrogens is 266 g/mol. The lowest BCUT2D eigenvalue weighted by Crippen LogP contribution is -2.05. The maximum atomic E-state index is 12.0. The van der Waals surface area contributed by atoms with Crippen LogP contribution in [-0.2, 0) is 17.6 Å². The van der Waals surface area contributed by atoms with E-state index in [-0.39, 0.29) is 17.9 Å². The average molecular weight is 283 g/mol. The number of ketones is 1. The number of Topliss-reactive ketones (excluding diaryl/α,β-unsaturated/α-hetero) is 1. The Balaban J connectivity index is 1.97. The van der Waals surface area contributed by atoms with Gasteiger partial charge in [-0.05, 0) is 24.5 Å². The summed E-state index contributed by atoms with van der Waals surface area (Å²) in [5.41, 5.74) is 2.51. The molecule has 0 aliphatic rings. The van der Waals surface area contributed by atoms with Crippen LogP contribution in [-0.4, -0.2) is 10.7 Å². The number of benzene rings is 2. The molecule has 0 radical (unpaired) electrons. The highest BCUT2D eigenvalue weighted by atomic mass is 16.6. The number of nitro groups is 1. The Morgan fingerprint density at radius 2 is 1.81 bits per heavy atom. The zero-order valence-electron chi connectivity index (χ0n) is 11.9. The van der Waals surface area contributed by atoms with Gasteiger partial charge in [-0.2, -0.15) is 0 Å². The molecule has 21 heavy (non-hydrogen) atoms. The molecular formula is C17H17NO3. The number of carbonyl (C=O) groups is 1. The van der Waals surface area contributed by atoms with E-state index in [9.17, 15) is 14.9 Å². The Hall–Kier alpha value is -2.49. The molecule has 4 nitrogen and oxygen atoms in total. The van der Waals surface area contributed by atoms with E-state index < -0.39 is 4.92 Å². The molecule has 0 saturated heterocycles. The summed E-state index contributed by atoms with van der Waals surface area (Å²) >= 11 is 0. The van der Waals surface area contributed by atoms with Gasteiger partial charge in [0.15, 0.2) is 0 Å². The second kappa shape index (κ2) is 6.79. The van der Waals surface area contributed by atoms with Crippen LogP contribution >= 0.6 is 0 Å². The van der Waals surface area contributed by atoms with Crippen LogP contribution in [0.5, 0.6) is 0 Å². The molecule has 0 amide bonds. The molecule has 0 atom stereocenters. The Morgan fingerprint density at radius 1 is 1.10 bits per heavy atom. The molecule has 0 N–H and O–H groups in total. The van der Waals surface area contributed by atoms with Crippen LogP contribution in [0, 0.1) is 17.0 Å². The molecule has 4 heteroatoms. The van der Waals surface area contributed by atoms with Crippen molar-refractivity contribution in [2.24, 2.45) is 0 Å². The molecule has 0 bridgehead atoms. The molecule has 0 saturated carbocycles. The zero-order valence-corrected chi connectivity index (χ0v) is 11.9. The predicted octanol–water partition coefficient (Wildman–Crippen LogP) is 3.65. The van der Waals surface area contributed by atoms with Crippen LogP contribution in [0.3, 0.4) is 0 Å². The second-order valence-electron chi connectivity index (χ2n) is 5.08. The summed E-state index contributed by atoms with van der Waals surface area (Å²) in [5.74, 6) is 0.0944. The number of hydrogen-bond donors (Lipinski definition) is 0. The summed E-state index contributed by atoms with van der Waals surface area (Å²) in [6.45, 7) is 1.69. The minimum atomic E-state index is -0.409. The van der Waals surface area contributed by atoms with Crippen molar-refractivity contribution in [3.63, 3.8) is 0 Å². The minimum absolute atomic E-state index is 0.0726. The first-order chi connectivity index (χ1) is 10.1. The van der Waals surface area contributed by atoms with Gasteiger partial charge >= 0.3 is 0 Å². The van der Waals surface area contributed by atoms with E-state index in [4.69, 9.17) is 0 Å². The number of rotatable bonds is 6. The molecule has 2 aromatic carbocycles. The number of nitro benzene ring substituents is 1. The molecule has 2 rings (SSSR count). The Labute approximate surface area is 123 Å². The monoisotopic (exact) mass is 283 g/mol. The quantitative estimate of drug-likeness (QED) is 0.600. The Morgan fingerprint density at radius 3 is 2.48 bits per heavy atom. The first-order valence-corrected chi connectivity index (χ1v) is 6.86. The molecule has 0 aliphatic heterocycles. The maximum absolute atomic E-state index is 12.0. The van der Waals surface area contributed by atoms with Crippen molar-refractivity contribution < 1.29 is 9.72 Å². The molecule has 0 heterocycles. The van der Waals surface area contributed by atoms with Crippen molar-refractivity contribution in [1.82, 2.24) is 0 Å². The Kier molecular flexibility index (Phi) is 4.82. The van der Waals surface area contributed by atoms with Crippen LogP contribution in [0.15, 0.2) is 48.5 Å². The van der Waals surface area contributed by atoms with Crippen LogP contribution in [0.25, 0.3) is 0 Å². The van der Waals surface area contributed by atoms with Gasteiger partial charge in [-0.15, -0.1) is 0 Å².